The summed E-state index contributed by atoms with van der Waals surface area (Å²) >= 11 is 0. The molecule has 2 unspecified atom stereocenters. The van der Waals surface area contributed by atoms with Crippen molar-refractivity contribution in [2.75, 3.05) is 19.6 Å². The Balaban J connectivity index is 0.000000370. The SMILES string of the molecule is Cc1ccccc1C(NCC1CCNC1)C1CCC(C)CC1.O=C(O)C(F)(F)F. The van der Waals surface area contributed by atoms with Gasteiger partial charge in [0.2, 0.25) is 0 Å². The third kappa shape index (κ3) is 7.63. The molecule has 0 aromatic heterocycles. The molecule has 4 nitrogen and oxygen atoms in total. The number of aliphatic carboxylic acids is 1. The number of carboxylic acid groups (broad SMARTS) is 1. The quantitative estimate of drug-likeness (QED) is 0.654. The van der Waals surface area contributed by atoms with Crippen molar-refractivity contribution in [2.45, 2.75) is 58.2 Å². The highest BCUT2D eigenvalue weighted by atomic mass is 19.4. The Kier molecular flexibility index (Phi) is 8.96. The van der Waals surface area contributed by atoms with Gasteiger partial charge in [-0.05, 0) is 74.7 Å². The molecule has 0 bridgehead atoms. The Morgan fingerprint density at radius 1 is 1.21 bits per heavy atom. The molecule has 1 saturated carbocycles. The maximum absolute atomic E-state index is 10.6. The van der Waals surface area contributed by atoms with Crippen LogP contribution in [-0.4, -0.2) is 36.9 Å². The molecule has 2 aliphatic rings. The smallest absolute Gasteiger partial charge is 0.475 e. The molecule has 7 heteroatoms. The lowest BCUT2D eigenvalue weighted by molar-refractivity contribution is -0.192. The molecular weight excluding hydrogens is 381 g/mol. The van der Waals surface area contributed by atoms with Crippen molar-refractivity contribution in [2.24, 2.45) is 17.8 Å². The lowest BCUT2D eigenvalue weighted by Gasteiger charge is -2.35. The van der Waals surface area contributed by atoms with Gasteiger partial charge in [-0.1, -0.05) is 44.0 Å². The summed E-state index contributed by atoms with van der Waals surface area (Å²) in [4.78, 5) is 8.90. The van der Waals surface area contributed by atoms with Gasteiger partial charge in [0.1, 0.15) is 0 Å². The van der Waals surface area contributed by atoms with Crippen LogP contribution < -0.4 is 10.6 Å². The Labute approximate surface area is 171 Å². The molecule has 0 spiro atoms. The normalized spacial score (nSPS) is 25.8. The first-order valence-corrected chi connectivity index (χ1v) is 10.5. The van der Waals surface area contributed by atoms with E-state index in [1.807, 2.05) is 0 Å². The number of hydrogen-bond donors (Lipinski definition) is 3. The summed E-state index contributed by atoms with van der Waals surface area (Å²) in [5.74, 6) is -0.207. The van der Waals surface area contributed by atoms with E-state index in [-0.39, 0.29) is 0 Å². The van der Waals surface area contributed by atoms with E-state index < -0.39 is 12.1 Å². The minimum atomic E-state index is -5.08. The standard InChI is InChI=1S/C20H32N2.C2HF3O2/c1-15-7-9-18(10-8-15)20(19-6-4-3-5-16(19)2)22-14-17-11-12-21-13-17;3-2(4,5)1(6)7/h3-6,15,17-18,20-22H,7-14H2,1-2H3;(H,6,7). The van der Waals surface area contributed by atoms with Gasteiger partial charge in [-0.2, -0.15) is 13.2 Å². The third-order valence-electron chi connectivity index (χ3n) is 6.09. The molecule has 164 valence electrons. The van der Waals surface area contributed by atoms with Crippen molar-refractivity contribution in [3.05, 3.63) is 35.4 Å². The van der Waals surface area contributed by atoms with E-state index in [4.69, 9.17) is 9.90 Å². The van der Waals surface area contributed by atoms with Crippen molar-refractivity contribution in [3.8, 4) is 0 Å². The molecule has 0 amide bonds. The number of benzene rings is 1. The fraction of sp³-hybridized carbons (Fsp3) is 0.682. The zero-order valence-electron chi connectivity index (χ0n) is 17.3. The summed E-state index contributed by atoms with van der Waals surface area (Å²) in [7, 11) is 0. The Morgan fingerprint density at radius 3 is 2.34 bits per heavy atom. The maximum Gasteiger partial charge on any atom is 0.490 e. The second-order valence-electron chi connectivity index (χ2n) is 8.42. The van der Waals surface area contributed by atoms with Crippen molar-refractivity contribution in [1.29, 1.82) is 0 Å². The van der Waals surface area contributed by atoms with Crippen molar-refractivity contribution >= 4 is 5.97 Å². The van der Waals surface area contributed by atoms with Gasteiger partial charge in [0, 0.05) is 6.04 Å². The van der Waals surface area contributed by atoms with Crippen LogP contribution in [0.3, 0.4) is 0 Å². The van der Waals surface area contributed by atoms with Crippen LogP contribution in [0.5, 0.6) is 0 Å². The molecule has 2 atom stereocenters. The first-order chi connectivity index (χ1) is 13.7. The minimum absolute atomic E-state index is 0.550. The van der Waals surface area contributed by atoms with Gasteiger partial charge >= 0.3 is 12.1 Å². The Bertz CT molecular complexity index is 637. The van der Waals surface area contributed by atoms with Crippen LogP contribution in [0.4, 0.5) is 13.2 Å². The van der Waals surface area contributed by atoms with Crippen LogP contribution in [0.2, 0.25) is 0 Å². The molecule has 29 heavy (non-hydrogen) atoms. The van der Waals surface area contributed by atoms with E-state index >= 15 is 0 Å². The highest BCUT2D eigenvalue weighted by Crippen LogP contribution is 2.37. The number of carbonyl (C=O) groups is 1. The highest BCUT2D eigenvalue weighted by molar-refractivity contribution is 5.73. The van der Waals surface area contributed by atoms with Crippen molar-refractivity contribution in [3.63, 3.8) is 0 Å². The summed E-state index contributed by atoms with van der Waals surface area (Å²) in [6.07, 6.45) is 1.82. The number of carboxylic acids is 1. The summed E-state index contributed by atoms with van der Waals surface area (Å²) < 4.78 is 31.7. The molecule has 2 fully saturated rings. The maximum atomic E-state index is 10.6. The molecular formula is C22H33F3N2O2. The topological polar surface area (TPSA) is 61.4 Å². The first kappa shape index (κ1) is 23.7. The van der Waals surface area contributed by atoms with E-state index in [9.17, 15) is 13.2 Å². The monoisotopic (exact) mass is 414 g/mol. The molecule has 1 aromatic carbocycles. The minimum Gasteiger partial charge on any atom is -0.475 e. The first-order valence-electron chi connectivity index (χ1n) is 10.5. The average molecular weight is 415 g/mol. The van der Waals surface area contributed by atoms with E-state index in [0.29, 0.717) is 6.04 Å². The summed E-state index contributed by atoms with van der Waals surface area (Å²) in [5.41, 5.74) is 2.98. The van der Waals surface area contributed by atoms with Crippen LogP contribution in [-0.2, 0) is 4.79 Å². The number of aryl methyl sites for hydroxylation is 1. The molecule has 1 aromatic rings. The molecule has 1 heterocycles. The van der Waals surface area contributed by atoms with Gasteiger partial charge in [-0.15, -0.1) is 0 Å². The number of halogens is 3. The van der Waals surface area contributed by atoms with E-state index in [0.717, 1.165) is 24.3 Å². The molecule has 1 aliphatic heterocycles. The molecule has 0 radical (unpaired) electrons. The van der Waals surface area contributed by atoms with Crippen LogP contribution in [0, 0.1) is 24.7 Å². The number of nitrogens with one attached hydrogen (secondary N) is 2. The predicted octanol–water partition coefficient (Wildman–Crippen LogP) is 4.69. The van der Waals surface area contributed by atoms with Crippen LogP contribution in [0.1, 0.15) is 56.2 Å². The third-order valence-corrected chi connectivity index (χ3v) is 6.09. The fourth-order valence-corrected chi connectivity index (χ4v) is 4.27. The average Bonchev–Trinajstić information content (AvgIpc) is 3.18. The summed E-state index contributed by atoms with van der Waals surface area (Å²) in [6, 6.07) is 9.54. The van der Waals surface area contributed by atoms with Gasteiger partial charge in [0.15, 0.2) is 0 Å². The van der Waals surface area contributed by atoms with E-state index in [1.54, 1.807) is 0 Å². The number of alkyl halides is 3. The van der Waals surface area contributed by atoms with Crippen LogP contribution >= 0.6 is 0 Å². The van der Waals surface area contributed by atoms with Gasteiger partial charge < -0.3 is 15.7 Å². The highest BCUT2D eigenvalue weighted by Gasteiger charge is 2.38. The second kappa shape index (κ2) is 11.0. The summed E-state index contributed by atoms with van der Waals surface area (Å²) in [6.45, 7) is 8.23. The molecule has 3 N–H and O–H groups in total. The Hall–Kier alpha value is -1.60. The largest absolute Gasteiger partial charge is 0.490 e. The molecule has 1 aliphatic carbocycles. The molecule has 3 rings (SSSR count). The van der Waals surface area contributed by atoms with Gasteiger partial charge in [-0.3, -0.25) is 0 Å². The van der Waals surface area contributed by atoms with E-state index in [2.05, 4.69) is 48.7 Å². The molecule has 1 saturated heterocycles. The van der Waals surface area contributed by atoms with E-state index in [1.165, 1.54) is 56.3 Å². The Morgan fingerprint density at radius 2 is 1.83 bits per heavy atom. The van der Waals surface area contributed by atoms with Crippen LogP contribution in [0.15, 0.2) is 24.3 Å². The predicted molar refractivity (Wildman–Crippen MR) is 108 cm³/mol. The van der Waals surface area contributed by atoms with Crippen molar-refractivity contribution < 1.29 is 23.1 Å². The van der Waals surface area contributed by atoms with Crippen molar-refractivity contribution in [1.82, 2.24) is 10.6 Å². The fourth-order valence-electron chi connectivity index (χ4n) is 4.27. The zero-order chi connectivity index (χ0) is 21.4. The summed E-state index contributed by atoms with van der Waals surface area (Å²) in [5, 5.41) is 14.6. The van der Waals surface area contributed by atoms with Gasteiger partial charge in [0.05, 0.1) is 0 Å². The second-order valence-corrected chi connectivity index (χ2v) is 8.42. The van der Waals surface area contributed by atoms with Gasteiger partial charge in [0.25, 0.3) is 0 Å². The van der Waals surface area contributed by atoms with Gasteiger partial charge in [-0.25, -0.2) is 4.79 Å². The number of rotatable bonds is 5. The lowest BCUT2D eigenvalue weighted by Crippen LogP contribution is -2.35. The number of hydrogen-bond acceptors (Lipinski definition) is 3. The van der Waals surface area contributed by atoms with Crippen LogP contribution in [0.25, 0.3) is 0 Å². The zero-order valence-corrected chi connectivity index (χ0v) is 17.3. The lowest BCUT2D eigenvalue weighted by atomic mass is 9.76.